The van der Waals surface area contributed by atoms with Crippen LogP contribution in [0.2, 0.25) is 0 Å². The zero-order chi connectivity index (χ0) is 10.0. The number of halogens is 2. The van der Waals surface area contributed by atoms with Crippen molar-refractivity contribution in [1.29, 1.82) is 0 Å². The number of carboxylic acid groups (broad SMARTS) is 1. The molecule has 0 aromatic heterocycles. The van der Waals surface area contributed by atoms with Gasteiger partial charge < -0.3 is 5.11 Å². The second kappa shape index (κ2) is 3.87. The number of hydrogen-bond acceptors (Lipinski definition) is 1. The standard InChI is InChI=1S/C9H8BrFO2/c1-5-2-6(4-8(12)13)3-7(10)9(5)11/h2-3H,4H2,1H3,(H,12,13). The first-order chi connectivity index (χ1) is 6.00. The van der Waals surface area contributed by atoms with Crippen LogP contribution < -0.4 is 0 Å². The largest absolute Gasteiger partial charge is 0.481 e. The normalized spacial score (nSPS) is 10.1. The van der Waals surface area contributed by atoms with E-state index in [9.17, 15) is 9.18 Å². The van der Waals surface area contributed by atoms with Gasteiger partial charge in [-0.25, -0.2) is 4.39 Å². The molecule has 0 fully saturated rings. The van der Waals surface area contributed by atoms with Gasteiger partial charge in [0.15, 0.2) is 0 Å². The SMILES string of the molecule is Cc1cc(CC(=O)O)cc(Br)c1F. The molecule has 0 aliphatic carbocycles. The monoisotopic (exact) mass is 246 g/mol. The molecule has 2 nitrogen and oxygen atoms in total. The molecule has 4 heteroatoms. The molecule has 0 atom stereocenters. The van der Waals surface area contributed by atoms with E-state index in [2.05, 4.69) is 15.9 Å². The Hall–Kier alpha value is -0.900. The molecular weight excluding hydrogens is 239 g/mol. The topological polar surface area (TPSA) is 37.3 Å². The molecule has 1 rings (SSSR count). The first-order valence-electron chi connectivity index (χ1n) is 3.67. The maximum Gasteiger partial charge on any atom is 0.307 e. The van der Waals surface area contributed by atoms with Crippen molar-refractivity contribution in [3.8, 4) is 0 Å². The number of benzene rings is 1. The Morgan fingerprint density at radius 1 is 1.62 bits per heavy atom. The number of hydrogen-bond donors (Lipinski definition) is 1. The lowest BCUT2D eigenvalue weighted by Crippen LogP contribution is -2.01. The van der Waals surface area contributed by atoms with E-state index in [0.717, 1.165) is 0 Å². The fourth-order valence-electron chi connectivity index (χ4n) is 1.07. The Labute approximate surface area is 83.5 Å². The predicted octanol–water partition coefficient (Wildman–Crippen LogP) is 2.52. The summed E-state index contributed by atoms with van der Waals surface area (Å²) in [6.07, 6.45) is -0.0836. The number of aliphatic carboxylic acids is 1. The average molecular weight is 247 g/mol. The molecular formula is C9H8BrFO2. The summed E-state index contributed by atoms with van der Waals surface area (Å²) in [4.78, 5) is 10.4. The van der Waals surface area contributed by atoms with Crippen LogP contribution in [0.25, 0.3) is 0 Å². The minimum Gasteiger partial charge on any atom is -0.481 e. The van der Waals surface area contributed by atoms with Gasteiger partial charge >= 0.3 is 5.97 Å². The van der Waals surface area contributed by atoms with Crippen LogP contribution in [0.1, 0.15) is 11.1 Å². The summed E-state index contributed by atoms with van der Waals surface area (Å²) in [7, 11) is 0. The summed E-state index contributed by atoms with van der Waals surface area (Å²) in [6.45, 7) is 1.60. The molecule has 0 heterocycles. The van der Waals surface area contributed by atoms with Gasteiger partial charge in [0.05, 0.1) is 10.9 Å². The van der Waals surface area contributed by atoms with E-state index in [1.807, 2.05) is 0 Å². The fourth-order valence-corrected chi connectivity index (χ4v) is 1.68. The summed E-state index contributed by atoms with van der Waals surface area (Å²) < 4.78 is 13.4. The average Bonchev–Trinajstić information content (AvgIpc) is 1.98. The van der Waals surface area contributed by atoms with Crippen molar-refractivity contribution >= 4 is 21.9 Å². The molecule has 0 bridgehead atoms. The summed E-state index contributed by atoms with van der Waals surface area (Å²) >= 11 is 3.02. The van der Waals surface area contributed by atoms with E-state index in [0.29, 0.717) is 15.6 Å². The quantitative estimate of drug-likeness (QED) is 0.871. The van der Waals surface area contributed by atoms with Crippen LogP contribution in [0.3, 0.4) is 0 Å². The molecule has 0 unspecified atom stereocenters. The summed E-state index contributed by atoms with van der Waals surface area (Å²) in [5.74, 6) is -1.26. The molecule has 1 N–H and O–H groups in total. The van der Waals surface area contributed by atoms with E-state index < -0.39 is 5.97 Å². The van der Waals surface area contributed by atoms with Gasteiger partial charge in [-0.3, -0.25) is 4.79 Å². The van der Waals surface area contributed by atoms with Crippen LogP contribution in [0, 0.1) is 12.7 Å². The molecule has 0 amide bonds. The maximum absolute atomic E-state index is 13.1. The highest BCUT2D eigenvalue weighted by Gasteiger charge is 2.07. The van der Waals surface area contributed by atoms with Gasteiger partial charge in [-0.2, -0.15) is 0 Å². The molecule has 13 heavy (non-hydrogen) atoms. The Morgan fingerprint density at radius 3 is 2.69 bits per heavy atom. The maximum atomic E-state index is 13.1. The number of carboxylic acids is 1. The van der Waals surface area contributed by atoms with Crippen LogP contribution in [0.5, 0.6) is 0 Å². The smallest absolute Gasteiger partial charge is 0.307 e. The van der Waals surface area contributed by atoms with Crippen LogP contribution in [-0.2, 0) is 11.2 Å². The third-order valence-corrected chi connectivity index (χ3v) is 2.20. The number of carbonyl (C=O) groups is 1. The van der Waals surface area contributed by atoms with E-state index >= 15 is 0 Å². The van der Waals surface area contributed by atoms with Gasteiger partial charge in [0.2, 0.25) is 0 Å². The summed E-state index contributed by atoms with van der Waals surface area (Å²) in [6, 6.07) is 3.02. The zero-order valence-corrected chi connectivity index (χ0v) is 8.56. The molecule has 0 spiro atoms. The van der Waals surface area contributed by atoms with Crippen molar-refractivity contribution in [2.45, 2.75) is 13.3 Å². The highest BCUT2D eigenvalue weighted by atomic mass is 79.9. The Balaban J connectivity index is 3.06. The summed E-state index contributed by atoms with van der Waals surface area (Å²) in [5, 5.41) is 8.51. The van der Waals surface area contributed by atoms with E-state index in [1.54, 1.807) is 6.92 Å². The van der Waals surface area contributed by atoms with Gasteiger partial charge in [0, 0.05) is 0 Å². The third-order valence-electron chi connectivity index (χ3n) is 1.63. The van der Waals surface area contributed by atoms with Gasteiger partial charge in [-0.1, -0.05) is 6.07 Å². The number of rotatable bonds is 2. The Morgan fingerprint density at radius 2 is 2.23 bits per heavy atom. The molecule has 70 valence electrons. The van der Waals surface area contributed by atoms with Crippen LogP contribution in [0.4, 0.5) is 4.39 Å². The Kier molecular flexibility index (Phi) is 3.03. The van der Waals surface area contributed by atoms with Crippen molar-refractivity contribution in [3.05, 3.63) is 33.5 Å². The predicted molar refractivity (Wildman–Crippen MR) is 50.2 cm³/mol. The minimum atomic E-state index is -0.919. The molecule has 0 saturated heterocycles. The number of aryl methyl sites for hydroxylation is 1. The first kappa shape index (κ1) is 10.2. The van der Waals surface area contributed by atoms with E-state index in [4.69, 9.17) is 5.11 Å². The lowest BCUT2D eigenvalue weighted by molar-refractivity contribution is -0.136. The molecule has 0 aliphatic heterocycles. The molecule has 0 aliphatic rings. The highest BCUT2D eigenvalue weighted by molar-refractivity contribution is 9.10. The van der Waals surface area contributed by atoms with Crippen molar-refractivity contribution in [2.75, 3.05) is 0 Å². The van der Waals surface area contributed by atoms with Crippen molar-refractivity contribution in [2.24, 2.45) is 0 Å². The van der Waals surface area contributed by atoms with E-state index in [1.165, 1.54) is 12.1 Å². The highest BCUT2D eigenvalue weighted by Crippen LogP contribution is 2.21. The minimum absolute atomic E-state index is 0.0836. The molecule has 1 aromatic rings. The Bertz CT molecular complexity index is 326. The zero-order valence-electron chi connectivity index (χ0n) is 6.97. The van der Waals surface area contributed by atoms with Gasteiger partial charge in [-0.15, -0.1) is 0 Å². The van der Waals surface area contributed by atoms with Crippen LogP contribution in [0.15, 0.2) is 16.6 Å². The molecule has 0 radical (unpaired) electrons. The van der Waals surface area contributed by atoms with Gasteiger partial charge in [0.1, 0.15) is 5.82 Å². The summed E-state index contributed by atoms with van der Waals surface area (Å²) in [5.41, 5.74) is 1.05. The van der Waals surface area contributed by atoms with Gasteiger partial charge in [0.25, 0.3) is 0 Å². The van der Waals surface area contributed by atoms with Crippen LogP contribution in [-0.4, -0.2) is 11.1 Å². The van der Waals surface area contributed by atoms with Crippen LogP contribution >= 0.6 is 15.9 Å². The first-order valence-corrected chi connectivity index (χ1v) is 4.46. The second-order valence-electron chi connectivity index (χ2n) is 2.78. The van der Waals surface area contributed by atoms with E-state index in [-0.39, 0.29) is 12.2 Å². The second-order valence-corrected chi connectivity index (χ2v) is 3.63. The lowest BCUT2D eigenvalue weighted by Gasteiger charge is -2.03. The lowest BCUT2D eigenvalue weighted by atomic mass is 10.1. The molecule has 1 aromatic carbocycles. The van der Waals surface area contributed by atoms with Crippen molar-refractivity contribution in [1.82, 2.24) is 0 Å². The molecule has 0 saturated carbocycles. The third kappa shape index (κ3) is 2.52. The van der Waals surface area contributed by atoms with Crippen molar-refractivity contribution < 1.29 is 14.3 Å². The van der Waals surface area contributed by atoms with Gasteiger partial charge in [-0.05, 0) is 40.0 Å². The van der Waals surface area contributed by atoms with Crippen molar-refractivity contribution in [3.63, 3.8) is 0 Å². The fraction of sp³-hybridized carbons (Fsp3) is 0.222.